The van der Waals surface area contributed by atoms with Crippen LogP contribution in [0, 0.1) is 11.6 Å². The Labute approximate surface area is 154 Å². The number of halogens is 2. The molecule has 1 aromatic heterocycles. The number of ether oxygens (including phenoxy) is 1. The van der Waals surface area contributed by atoms with Crippen LogP contribution in [0.5, 0.6) is 5.75 Å². The van der Waals surface area contributed by atoms with Gasteiger partial charge in [-0.05, 0) is 31.0 Å². The molecule has 3 rings (SSSR count). The number of amides is 1. The number of carbonyl (C=O) groups excluding carboxylic acids is 1. The molecule has 1 aliphatic rings. The van der Waals surface area contributed by atoms with Gasteiger partial charge in [-0.1, -0.05) is 6.07 Å². The first kappa shape index (κ1) is 19.2. The number of carbonyl (C=O) groups is 1. The molecule has 2 aromatic rings. The highest BCUT2D eigenvalue weighted by atomic mass is 32.2. The highest BCUT2D eigenvalue weighted by molar-refractivity contribution is 7.89. The molecule has 1 unspecified atom stereocenters. The molecule has 1 atom stereocenters. The number of primary amides is 1. The van der Waals surface area contributed by atoms with Gasteiger partial charge >= 0.3 is 0 Å². The van der Waals surface area contributed by atoms with Crippen LogP contribution in [0.2, 0.25) is 0 Å². The van der Waals surface area contributed by atoms with Gasteiger partial charge in [-0.15, -0.1) is 0 Å². The van der Waals surface area contributed by atoms with Crippen LogP contribution in [0.15, 0.2) is 41.4 Å². The lowest BCUT2D eigenvalue weighted by atomic mass is 10.1. The molecule has 1 aliphatic heterocycles. The van der Waals surface area contributed by atoms with Gasteiger partial charge < -0.3 is 10.5 Å². The summed E-state index contributed by atoms with van der Waals surface area (Å²) in [6, 6.07) is 5.76. The fraction of sp³-hybridized carbons (Fsp3) is 0.294. The van der Waals surface area contributed by atoms with Gasteiger partial charge in [-0.2, -0.15) is 4.31 Å². The van der Waals surface area contributed by atoms with E-state index in [4.69, 9.17) is 10.5 Å². The summed E-state index contributed by atoms with van der Waals surface area (Å²) in [7, 11) is -4.35. The van der Waals surface area contributed by atoms with Gasteiger partial charge in [0.05, 0.1) is 6.54 Å². The minimum atomic E-state index is -4.35. The van der Waals surface area contributed by atoms with Gasteiger partial charge in [0.25, 0.3) is 5.91 Å². The number of piperidine rings is 1. The molecule has 0 aliphatic carbocycles. The molecule has 1 aromatic carbocycles. The van der Waals surface area contributed by atoms with Crippen LogP contribution in [0.3, 0.4) is 0 Å². The highest BCUT2D eigenvalue weighted by Gasteiger charge is 2.35. The Morgan fingerprint density at radius 2 is 1.96 bits per heavy atom. The summed E-state index contributed by atoms with van der Waals surface area (Å²) in [5.74, 6) is -2.69. The third-order valence-electron chi connectivity index (χ3n) is 4.14. The Kier molecular flexibility index (Phi) is 5.38. The number of pyridine rings is 1. The molecule has 144 valence electrons. The number of sulfonamides is 1. The maximum Gasteiger partial charge on any atom is 0.267 e. The van der Waals surface area contributed by atoms with Gasteiger partial charge in [-0.3, -0.25) is 9.78 Å². The lowest BCUT2D eigenvalue weighted by Gasteiger charge is -2.32. The fourth-order valence-electron chi connectivity index (χ4n) is 2.89. The maximum absolute atomic E-state index is 13.9. The smallest absolute Gasteiger partial charge is 0.267 e. The SMILES string of the molecule is NC(=O)c1cc(OC2CCCN(S(=O)(=O)c3c(F)cccc3F)C2)ccn1. The van der Waals surface area contributed by atoms with Crippen molar-refractivity contribution in [3.05, 3.63) is 53.9 Å². The minimum absolute atomic E-state index is 0.0150. The van der Waals surface area contributed by atoms with Crippen molar-refractivity contribution in [2.75, 3.05) is 13.1 Å². The number of rotatable bonds is 5. The summed E-state index contributed by atoms with van der Waals surface area (Å²) in [4.78, 5) is 14.0. The Balaban J connectivity index is 1.80. The zero-order chi connectivity index (χ0) is 19.6. The first-order valence-electron chi connectivity index (χ1n) is 8.15. The molecule has 2 N–H and O–H groups in total. The predicted octanol–water partition coefficient (Wildman–Crippen LogP) is 1.69. The van der Waals surface area contributed by atoms with E-state index in [0.29, 0.717) is 18.6 Å². The molecule has 27 heavy (non-hydrogen) atoms. The normalized spacial score (nSPS) is 18.2. The lowest BCUT2D eigenvalue weighted by Crippen LogP contribution is -2.44. The summed E-state index contributed by atoms with van der Waals surface area (Å²) in [6.45, 7) is 0.0448. The zero-order valence-electron chi connectivity index (χ0n) is 14.1. The van der Waals surface area contributed by atoms with Crippen molar-refractivity contribution in [2.24, 2.45) is 5.73 Å². The van der Waals surface area contributed by atoms with Crippen molar-refractivity contribution in [3.63, 3.8) is 0 Å². The molecule has 0 bridgehead atoms. The van der Waals surface area contributed by atoms with E-state index in [0.717, 1.165) is 22.5 Å². The van der Waals surface area contributed by atoms with E-state index in [1.807, 2.05) is 0 Å². The van der Waals surface area contributed by atoms with Crippen molar-refractivity contribution in [1.82, 2.24) is 9.29 Å². The molecule has 1 saturated heterocycles. The van der Waals surface area contributed by atoms with Crippen LogP contribution < -0.4 is 10.5 Å². The molecular weight excluding hydrogens is 380 g/mol. The molecule has 0 saturated carbocycles. The van der Waals surface area contributed by atoms with Crippen molar-refractivity contribution < 1.29 is 26.7 Å². The van der Waals surface area contributed by atoms with Gasteiger partial charge in [0, 0.05) is 18.8 Å². The van der Waals surface area contributed by atoms with Gasteiger partial charge in [-0.25, -0.2) is 17.2 Å². The van der Waals surface area contributed by atoms with Crippen LogP contribution in [-0.4, -0.2) is 42.8 Å². The van der Waals surface area contributed by atoms with Crippen LogP contribution in [0.25, 0.3) is 0 Å². The summed E-state index contributed by atoms with van der Waals surface area (Å²) in [6.07, 6.45) is 1.79. The summed E-state index contributed by atoms with van der Waals surface area (Å²) < 4.78 is 60.0. The van der Waals surface area contributed by atoms with E-state index in [1.54, 1.807) is 0 Å². The van der Waals surface area contributed by atoms with E-state index in [2.05, 4.69) is 4.98 Å². The topological polar surface area (TPSA) is 103 Å². The Hall–Kier alpha value is -2.59. The Morgan fingerprint density at radius 3 is 2.63 bits per heavy atom. The zero-order valence-corrected chi connectivity index (χ0v) is 15.0. The van der Waals surface area contributed by atoms with Crippen molar-refractivity contribution in [2.45, 2.75) is 23.8 Å². The van der Waals surface area contributed by atoms with E-state index in [9.17, 15) is 22.0 Å². The quantitative estimate of drug-likeness (QED) is 0.827. The summed E-state index contributed by atoms with van der Waals surface area (Å²) >= 11 is 0. The number of nitrogens with two attached hydrogens (primary N) is 1. The number of hydrogen-bond donors (Lipinski definition) is 1. The van der Waals surface area contributed by atoms with E-state index < -0.39 is 38.6 Å². The van der Waals surface area contributed by atoms with Crippen LogP contribution in [-0.2, 0) is 10.0 Å². The average Bonchev–Trinajstić information content (AvgIpc) is 2.62. The summed E-state index contributed by atoms with van der Waals surface area (Å²) in [5, 5.41) is 0. The highest BCUT2D eigenvalue weighted by Crippen LogP contribution is 2.27. The van der Waals surface area contributed by atoms with Crippen molar-refractivity contribution in [1.29, 1.82) is 0 Å². The number of nitrogens with zero attached hydrogens (tertiary/aromatic N) is 2. The third kappa shape index (κ3) is 4.06. The molecule has 10 heteroatoms. The molecule has 0 spiro atoms. The Morgan fingerprint density at radius 1 is 1.26 bits per heavy atom. The standard InChI is InChI=1S/C17H17F2N3O4S/c18-13-4-1-5-14(19)16(13)27(24,25)22-8-2-3-12(10-22)26-11-6-7-21-15(9-11)17(20)23/h1,4-7,9,12H,2-3,8,10H2,(H2,20,23). The van der Waals surface area contributed by atoms with E-state index in [-0.39, 0.29) is 18.8 Å². The van der Waals surface area contributed by atoms with Crippen molar-refractivity contribution in [3.8, 4) is 5.75 Å². The molecule has 1 amide bonds. The average molecular weight is 397 g/mol. The second-order valence-electron chi connectivity index (χ2n) is 6.04. The molecular formula is C17H17F2N3O4S. The first-order valence-corrected chi connectivity index (χ1v) is 9.59. The molecule has 0 radical (unpaired) electrons. The summed E-state index contributed by atoms with van der Waals surface area (Å²) in [5.41, 5.74) is 5.19. The second-order valence-corrected chi connectivity index (χ2v) is 7.91. The number of hydrogen-bond acceptors (Lipinski definition) is 5. The van der Waals surface area contributed by atoms with Crippen molar-refractivity contribution >= 4 is 15.9 Å². The second kappa shape index (κ2) is 7.57. The number of benzene rings is 1. The predicted molar refractivity (Wildman–Crippen MR) is 91.5 cm³/mol. The first-order chi connectivity index (χ1) is 12.8. The van der Waals surface area contributed by atoms with Gasteiger partial charge in [0.15, 0.2) is 4.90 Å². The molecule has 2 heterocycles. The monoisotopic (exact) mass is 397 g/mol. The van der Waals surface area contributed by atoms with Gasteiger partial charge in [0.1, 0.15) is 29.2 Å². The Bertz CT molecular complexity index is 948. The largest absolute Gasteiger partial charge is 0.489 e. The molecule has 1 fully saturated rings. The van der Waals surface area contributed by atoms with Crippen LogP contribution in [0.1, 0.15) is 23.3 Å². The van der Waals surface area contributed by atoms with Gasteiger partial charge in [0.2, 0.25) is 10.0 Å². The van der Waals surface area contributed by atoms with Crippen LogP contribution in [0.4, 0.5) is 8.78 Å². The lowest BCUT2D eigenvalue weighted by molar-refractivity contribution is 0.0993. The number of aromatic nitrogens is 1. The minimum Gasteiger partial charge on any atom is -0.489 e. The van der Waals surface area contributed by atoms with E-state index in [1.165, 1.54) is 18.3 Å². The van der Waals surface area contributed by atoms with Crippen LogP contribution >= 0.6 is 0 Å². The van der Waals surface area contributed by atoms with E-state index >= 15 is 0 Å². The molecule has 7 nitrogen and oxygen atoms in total. The fourth-order valence-corrected chi connectivity index (χ4v) is 4.51. The third-order valence-corrected chi connectivity index (χ3v) is 6.06. The maximum atomic E-state index is 13.9.